The normalized spacial score (nSPS) is 38.1. The maximum atomic E-state index is 5.89. The summed E-state index contributed by atoms with van der Waals surface area (Å²) in [6.07, 6.45) is 4.25. The lowest BCUT2D eigenvalue weighted by Gasteiger charge is -2.33. The van der Waals surface area contributed by atoms with Gasteiger partial charge in [0.15, 0.2) is 0 Å². The van der Waals surface area contributed by atoms with E-state index in [1.54, 1.807) is 0 Å². The van der Waals surface area contributed by atoms with Crippen LogP contribution in [0.1, 0.15) is 40.0 Å². The average Bonchev–Trinajstić information content (AvgIpc) is 2.60. The molecule has 1 aliphatic carbocycles. The van der Waals surface area contributed by atoms with Crippen LogP contribution in [0.4, 0.5) is 0 Å². The Morgan fingerprint density at radius 1 is 1.29 bits per heavy atom. The van der Waals surface area contributed by atoms with Crippen molar-refractivity contribution in [2.45, 2.75) is 57.7 Å². The highest BCUT2D eigenvalue weighted by molar-refractivity contribution is 4.98. The Morgan fingerprint density at radius 2 is 2.00 bits per heavy atom. The number of hydrogen-bond acceptors (Lipinski definition) is 2. The van der Waals surface area contributed by atoms with Crippen LogP contribution in [0.3, 0.4) is 0 Å². The highest BCUT2D eigenvalue weighted by Gasteiger charge is 2.43. The maximum Gasteiger partial charge on any atom is 0.0631 e. The number of ether oxygens (including phenoxy) is 1. The minimum Gasteiger partial charge on any atom is -0.374 e. The zero-order chi connectivity index (χ0) is 10.3. The molecule has 0 aromatic carbocycles. The largest absolute Gasteiger partial charge is 0.374 e. The van der Waals surface area contributed by atoms with Crippen LogP contribution in [-0.4, -0.2) is 36.2 Å². The molecule has 3 atom stereocenters. The van der Waals surface area contributed by atoms with Gasteiger partial charge in [-0.2, -0.15) is 0 Å². The van der Waals surface area contributed by atoms with E-state index < -0.39 is 0 Å². The molecule has 2 rings (SSSR count). The van der Waals surface area contributed by atoms with Crippen LogP contribution in [0.25, 0.3) is 0 Å². The van der Waals surface area contributed by atoms with Crippen molar-refractivity contribution in [3.05, 3.63) is 0 Å². The monoisotopic (exact) mass is 197 g/mol. The van der Waals surface area contributed by atoms with Gasteiger partial charge in [0.25, 0.3) is 0 Å². The van der Waals surface area contributed by atoms with Gasteiger partial charge in [0.05, 0.1) is 12.2 Å². The van der Waals surface area contributed by atoms with Crippen molar-refractivity contribution in [2.75, 3.05) is 13.7 Å². The Balaban J connectivity index is 1.87. The van der Waals surface area contributed by atoms with E-state index in [9.17, 15) is 0 Å². The van der Waals surface area contributed by atoms with Gasteiger partial charge in [0, 0.05) is 12.1 Å². The summed E-state index contributed by atoms with van der Waals surface area (Å²) in [6, 6.07) is 1.54. The molecule has 1 aliphatic heterocycles. The molecule has 2 fully saturated rings. The Labute approximate surface area is 87.6 Å². The van der Waals surface area contributed by atoms with Crippen molar-refractivity contribution < 1.29 is 4.74 Å². The van der Waals surface area contributed by atoms with Crippen LogP contribution in [-0.2, 0) is 4.74 Å². The number of fused-ring (bicyclic) bond motifs is 2. The summed E-state index contributed by atoms with van der Waals surface area (Å²) in [6.45, 7) is 7.34. The average molecular weight is 197 g/mol. The molecular weight excluding hydrogens is 174 g/mol. The number of rotatable bonds is 2. The van der Waals surface area contributed by atoms with Crippen LogP contribution in [0, 0.1) is 5.92 Å². The quantitative estimate of drug-likeness (QED) is 0.673. The molecule has 0 aromatic rings. The van der Waals surface area contributed by atoms with Gasteiger partial charge in [0.2, 0.25) is 0 Å². The minimum atomic E-state index is 0.0165. The fourth-order valence-electron chi connectivity index (χ4n) is 2.90. The van der Waals surface area contributed by atoms with Crippen molar-refractivity contribution in [1.82, 2.24) is 4.90 Å². The van der Waals surface area contributed by atoms with Crippen molar-refractivity contribution in [1.29, 1.82) is 0 Å². The third-order valence-corrected chi connectivity index (χ3v) is 3.78. The van der Waals surface area contributed by atoms with E-state index in [1.807, 2.05) is 0 Å². The molecule has 1 saturated carbocycles. The standard InChI is InChI=1S/C12H23NO/c1-12(2,3)14-8-11-9-5-6-10(7-9)13(11)4/h9-11H,5-8H2,1-4H3/t9-,10+,11?/m1/s1. The predicted molar refractivity (Wildman–Crippen MR) is 58.4 cm³/mol. The van der Waals surface area contributed by atoms with Crippen LogP contribution in [0.15, 0.2) is 0 Å². The lowest BCUT2D eigenvalue weighted by Crippen LogP contribution is -2.42. The Morgan fingerprint density at radius 3 is 2.50 bits per heavy atom. The maximum absolute atomic E-state index is 5.89. The highest BCUT2D eigenvalue weighted by Crippen LogP contribution is 2.41. The van der Waals surface area contributed by atoms with E-state index >= 15 is 0 Å². The van der Waals surface area contributed by atoms with Crippen LogP contribution in [0.5, 0.6) is 0 Å². The van der Waals surface area contributed by atoms with Gasteiger partial charge in [0.1, 0.15) is 0 Å². The Hall–Kier alpha value is -0.0800. The third-order valence-electron chi connectivity index (χ3n) is 3.78. The molecule has 14 heavy (non-hydrogen) atoms. The number of likely N-dealkylation sites (N-methyl/N-ethyl adjacent to an activating group) is 1. The summed E-state index contributed by atoms with van der Waals surface area (Å²) < 4.78 is 5.89. The molecular formula is C12H23NO. The van der Waals surface area contributed by atoms with Gasteiger partial charge in [-0.15, -0.1) is 0 Å². The topological polar surface area (TPSA) is 12.5 Å². The van der Waals surface area contributed by atoms with E-state index in [0.717, 1.165) is 18.6 Å². The molecule has 2 heteroatoms. The van der Waals surface area contributed by atoms with E-state index in [1.165, 1.54) is 19.3 Å². The first-order valence-corrected chi connectivity index (χ1v) is 5.83. The molecule has 0 spiro atoms. The first-order valence-electron chi connectivity index (χ1n) is 5.83. The Bertz CT molecular complexity index is 207. The zero-order valence-corrected chi connectivity index (χ0v) is 9.92. The smallest absolute Gasteiger partial charge is 0.0631 e. The predicted octanol–water partition coefficient (Wildman–Crippen LogP) is 2.28. The molecule has 1 unspecified atom stereocenters. The molecule has 82 valence electrons. The van der Waals surface area contributed by atoms with Gasteiger partial charge in [-0.05, 0) is 53.0 Å². The van der Waals surface area contributed by atoms with Crippen LogP contribution < -0.4 is 0 Å². The fraction of sp³-hybridized carbons (Fsp3) is 1.00. The highest BCUT2D eigenvalue weighted by atomic mass is 16.5. The number of likely N-dealkylation sites (tertiary alicyclic amines) is 1. The molecule has 2 nitrogen and oxygen atoms in total. The van der Waals surface area contributed by atoms with Gasteiger partial charge in [-0.3, -0.25) is 4.90 Å². The van der Waals surface area contributed by atoms with E-state index in [2.05, 4.69) is 32.7 Å². The second-order valence-corrected chi connectivity index (χ2v) is 5.88. The summed E-state index contributed by atoms with van der Waals surface area (Å²) in [5, 5.41) is 0. The molecule has 1 heterocycles. The van der Waals surface area contributed by atoms with Crippen LogP contribution >= 0.6 is 0 Å². The fourth-order valence-corrected chi connectivity index (χ4v) is 2.90. The van der Waals surface area contributed by atoms with Gasteiger partial charge < -0.3 is 4.74 Å². The second-order valence-electron chi connectivity index (χ2n) is 5.88. The zero-order valence-electron chi connectivity index (χ0n) is 9.92. The second kappa shape index (κ2) is 3.49. The third kappa shape index (κ3) is 1.96. The summed E-state index contributed by atoms with van der Waals surface area (Å²) >= 11 is 0. The lowest BCUT2D eigenvalue weighted by atomic mass is 9.99. The number of piperidine rings is 1. The van der Waals surface area contributed by atoms with Gasteiger partial charge >= 0.3 is 0 Å². The Kier molecular flexibility index (Phi) is 2.61. The molecule has 0 amide bonds. The van der Waals surface area contributed by atoms with Gasteiger partial charge in [-0.1, -0.05) is 0 Å². The van der Waals surface area contributed by atoms with E-state index in [-0.39, 0.29) is 5.60 Å². The summed E-state index contributed by atoms with van der Waals surface area (Å²) in [7, 11) is 2.26. The minimum absolute atomic E-state index is 0.0165. The number of nitrogens with zero attached hydrogens (tertiary/aromatic N) is 1. The van der Waals surface area contributed by atoms with Crippen molar-refractivity contribution >= 4 is 0 Å². The van der Waals surface area contributed by atoms with Crippen molar-refractivity contribution in [3.8, 4) is 0 Å². The van der Waals surface area contributed by atoms with E-state index in [4.69, 9.17) is 4.74 Å². The van der Waals surface area contributed by atoms with Crippen molar-refractivity contribution in [3.63, 3.8) is 0 Å². The molecule has 2 bridgehead atoms. The number of hydrogen-bond donors (Lipinski definition) is 0. The molecule has 0 N–H and O–H groups in total. The summed E-state index contributed by atoms with van der Waals surface area (Å²) in [4.78, 5) is 2.54. The molecule has 0 radical (unpaired) electrons. The first kappa shape index (κ1) is 10.4. The van der Waals surface area contributed by atoms with Crippen LogP contribution in [0.2, 0.25) is 0 Å². The molecule has 0 aromatic heterocycles. The summed E-state index contributed by atoms with van der Waals surface area (Å²) in [5.41, 5.74) is 0.0165. The van der Waals surface area contributed by atoms with Gasteiger partial charge in [-0.25, -0.2) is 0 Å². The SMILES string of the molecule is CN1C(COC(C)(C)C)[C@@H]2CC[C@H]1C2. The molecule has 1 saturated heterocycles. The van der Waals surface area contributed by atoms with E-state index in [0.29, 0.717) is 6.04 Å². The van der Waals surface area contributed by atoms with Crippen molar-refractivity contribution in [2.24, 2.45) is 5.92 Å². The lowest BCUT2D eigenvalue weighted by molar-refractivity contribution is -0.0398. The summed E-state index contributed by atoms with van der Waals surface area (Å²) in [5.74, 6) is 0.910. The first-order chi connectivity index (χ1) is 6.47. The molecule has 2 aliphatic rings.